The maximum absolute atomic E-state index is 13.4. The van der Waals surface area contributed by atoms with Crippen LogP contribution in [0.5, 0.6) is 5.75 Å². The minimum atomic E-state index is -0.420. The molecule has 0 saturated heterocycles. The molecular formula is C26H24N4O4S. The van der Waals surface area contributed by atoms with Crippen LogP contribution < -0.4 is 16.0 Å². The molecule has 3 aromatic heterocycles. The van der Waals surface area contributed by atoms with Gasteiger partial charge in [-0.15, -0.1) is 11.3 Å². The highest BCUT2D eigenvalue weighted by Crippen LogP contribution is 2.22. The molecule has 0 aliphatic heterocycles. The molecule has 0 aliphatic rings. The van der Waals surface area contributed by atoms with E-state index in [1.807, 2.05) is 69.3 Å². The first-order valence-corrected chi connectivity index (χ1v) is 12.1. The lowest BCUT2D eigenvalue weighted by Crippen LogP contribution is -2.40. The van der Waals surface area contributed by atoms with Gasteiger partial charge in [0.2, 0.25) is 11.7 Å². The van der Waals surface area contributed by atoms with Crippen LogP contribution in [-0.2, 0) is 13.1 Å². The highest BCUT2D eigenvalue weighted by molar-refractivity contribution is 7.17. The van der Waals surface area contributed by atoms with Crippen molar-refractivity contribution < 1.29 is 9.26 Å². The van der Waals surface area contributed by atoms with Crippen molar-refractivity contribution in [2.24, 2.45) is 0 Å². The van der Waals surface area contributed by atoms with Crippen LogP contribution in [0.3, 0.4) is 0 Å². The molecule has 9 heteroatoms. The zero-order valence-electron chi connectivity index (χ0n) is 19.6. The summed E-state index contributed by atoms with van der Waals surface area (Å²) in [5, 5.41) is 5.88. The molecule has 0 atom stereocenters. The van der Waals surface area contributed by atoms with Crippen molar-refractivity contribution in [2.45, 2.75) is 40.0 Å². The van der Waals surface area contributed by atoms with E-state index < -0.39 is 5.69 Å². The standard InChI is InChI=1S/C26H24N4O4S/c1-16(2)33-20-10-8-19(9-11-20)24-27-22(34-28-24)15-29-21-12-13-35-23(21)25(31)30(26(29)32)14-18-6-4-17(3)5-7-18/h4-13,16H,14-15H2,1-3H3. The van der Waals surface area contributed by atoms with Gasteiger partial charge in [-0.2, -0.15) is 4.98 Å². The Labute approximate surface area is 205 Å². The molecule has 0 bridgehead atoms. The Balaban J connectivity index is 1.47. The summed E-state index contributed by atoms with van der Waals surface area (Å²) >= 11 is 1.31. The lowest BCUT2D eigenvalue weighted by atomic mass is 10.1. The van der Waals surface area contributed by atoms with Crippen molar-refractivity contribution in [3.8, 4) is 17.1 Å². The van der Waals surface area contributed by atoms with E-state index in [4.69, 9.17) is 9.26 Å². The number of thiophene rings is 1. The van der Waals surface area contributed by atoms with Gasteiger partial charge in [-0.05, 0) is 62.0 Å². The van der Waals surface area contributed by atoms with Gasteiger partial charge in [-0.25, -0.2) is 4.79 Å². The summed E-state index contributed by atoms with van der Waals surface area (Å²) in [5.41, 5.74) is 2.60. The fourth-order valence-electron chi connectivity index (χ4n) is 3.83. The smallest absolute Gasteiger partial charge is 0.332 e. The van der Waals surface area contributed by atoms with E-state index in [1.54, 1.807) is 11.4 Å². The van der Waals surface area contributed by atoms with Gasteiger partial charge < -0.3 is 9.26 Å². The third-order valence-electron chi connectivity index (χ3n) is 5.54. The quantitative estimate of drug-likeness (QED) is 0.336. The summed E-state index contributed by atoms with van der Waals surface area (Å²) in [6.45, 7) is 6.17. The van der Waals surface area contributed by atoms with E-state index in [0.717, 1.165) is 22.4 Å². The lowest BCUT2D eigenvalue weighted by molar-refractivity contribution is 0.242. The number of aromatic nitrogens is 4. The lowest BCUT2D eigenvalue weighted by Gasteiger charge is -2.11. The molecule has 0 spiro atoms. The average Bonchev–Trinajstić information content (AvgIpc) is 3.51. The first-order valence-electron chi connectivity index (χ1n) is 11.2. The van der Waals surface area contributed by atoms with Gasteiger partial charge >= 0.3 is 5.69 Å². The van der Waals surface area contributed by atoms with Crippen molar-refractivity contribution in [3.63, 3.8) is 0 Å². The van der Waals surface area contributed by atoms with E-state index in [0.29, 0.717) is 16.0 Å². The highest BCUT2D eigenvalue weighted by Gasteiger charge is 2.18. The molecule has 2 aromatic carbocycles. The summed E-state index contributed by atoms with van der Waals surface area (Å²) in [6.07, 6.45) is 0.0826. The number of fused-ring (bicyclic) bond motifs is 1. The number of nitrogens with zero attached hydrogens (tertiary/aromatic N) is 4. The third-order valence-corrected chi connectivity index (χ3v) is 6.44. The van der Waals surface area contributed by atoms with Gasteiger partial charge in [-0.3, -0.25) is 13.9 Å². The van der Waals surface area contributed by atoms with Gasteiger partial charge in [-0.1, -0.05) is 35.0 Å². The summed E-state index contributed by atoms with van der Waals surface area (Å²) in [7, 11) is 0. The molecule has 178 valence electrons. The topological polar surface area (TPSA) is 92.2 Å². The molecule has 0 amide bonds. The Hall–Kier alpha value is -3.98. The van der Waals surface area contributed by atoms with Crippen LogP contribution in [-0.4, -0.2) is 25.4 Å². The van der Waals surface area contributed by atoms with Crippen LogP contribution in [0.1, 0.15) is 30.9 Å². The van der Waals surface area contributed by atoms with Crippen molar-refractivity contribution in [1.82, 2.24) is 19.3 Å². The van der Waals surface area contributed by atoms with Crippen LogP contribution in [0.25, 0.3) is 21.6 Å². The fraction of sp³-hybridized carbons (Fsp3) is 0.231. The van der Waals surface area contributed by atoms with Crippen molar-refractivity contribution >= 4 is 21.6 Å². The average molecular weight is 489 g/mol. The molecule has 0 unspecified atom stereocenters. The van der Waals surface area contributed by atoms with E-state index in [2.05, 4.69) is 10.1 Å². The van der Waals surface area contributed by atoms with E-state index in [-0.39, 0.29) is 30.6 Å². The number of rotatable bonds is 7. The molecule has 5 aromatic rings. The van der Waals surface area contributed by atoms with E-state index in [9.17, 15) is 9.59 Å². The van der Waals surface area contributed by atoms with Crippen LogP contribution >= 0.6 is 11.3 Å². The SMILES string of the molecule is Cc1ccc(Cn2c(=O)c3sccc3n(Cc3nc(-c4ccc(OC(C)C)cc4)no3)c2=O)cc1. The highest BCUT2D eigenvalue weighted by atomic mass is 32.1. The van der Waals surface area contributed by atoms with E-state index in [1.165, 1.54) is 20.5 Å². The second-order valence-electron chi connectivity index (χ2n) is 8.58. The predicted octanol–water partition coefficient (Wildman–Crippen LogP) is 4.47. The number of hydrogen-bond acceptors (Lipinski definition) is 7. The monoisotopic (exact) mass is 488 g/mol. The van der Waals surface area contributed by atoms with Gasteiger partial charge in [0.05, 0.1) is 18.2 Å². The summed E-state index contributed by atoms with van der Waals surface area (Å²) < 4.78 is 14.4. The Bertz CT molecular complexity index is 1590. The minimum absolute atomic E-state index is 0.0573. The maximum Gasteiger partial charge on any atom is 0.332 e. The summed E-state index contributed by atoms with van der Waals surface area (Å²) in [4.78, 5) is 31.0. The Kier molecular flexibility index (Phi) is 6.08. The molecule has 35 heavy (non-hydrogen) atoms. The molecule has 0 saturated carbocycles. The number of benzene rings is 2. The van der Waals surface area contributed by atoms with Gasteiger partial charge in [0.15, 0.2) is 0 Å². The molecule has 0 radical (unpaired) electrons. The number of hydrogen-bond donors (Lipinski definition) is 0. The Morgan fingerprint density at radius 2 is 1.71 bits per heavy atom. The van der Waals surface area contributed by atoms with Crippen molar-refractivity contribution in [2.75, 3.05) is 0 Å². The van der Waals surface area contributed by atoms with Gasteiger partial charge in [0.1, 0.15) is 17.0 Å². The van der Waals surface area contributed by atoms with E-state index >= 15 is 0 Å². The molecule has 3 heterocycles. The fourth-order valence-corrected chi connectivity index (χ4v) is 4.67. The maximum atomic E-state index is 13.4. The van der Waals surface area contributed by atoms with Crippen LogP contribution in [0.15, 0.2) is 74.1 Å². The first-order chi connectivity index (χ1) is 16.9. The number of aryl methyl sites for hydroxylation is 1. The molecule has 8 nitrogen and oxygen atoms in total. The first kappa shape index (κ1) is 22.8. The summed E-state index contributed by atoms with van der Waals surface area (Å²) in [5.74, 6) is 1.45. The molecular weight excluding hydrogens is 464 g/mol. The van der Waals surface area contributed by atoms with Crippen LogP contribution in [0, 0.1) is 6.92 Å². The molecule has 0 fully saturated rings. The largest absolute Gasteiger partial charge is 0.491 e. The third kappa shape index (κ3) is 4.67. The van der Waals surface area contributed by atoms with Gasteiger partial charge in [0.25, 0.3) is 5.56 Å². The normalized spacial score (nSPS) is 11.4. The molecule has 0 aliphatic carbocycles. The summed E-state index contributed by atoms with van der Waals surface area (Å²) in [6, 6.07) is 17.0. The minimum Gasteiger partial charge on any atom is -0.491 e. The van der Waals surface area contributed by atoms with Crippen molar-refractivity contribution in [3.05, 3.63) is 97.8 Å². The molecule has 5 rings (SSSR count). The second kappa shape index (κ2) is 9.34. The second-order valence-corrected chi connectivity index (χ2v) is 9.50. The van der Waals surface area contributed by atoms with Crippen molar-refractivity contribution in [1.29, 1.82) is 0 Å². The van der Waals surface area contributed by atoms with Crippen LogP contribution in [0.4, 0.5) is 0 Å². The number of ether oxygens (including phenoxy) is 1. The zero-order valence-corrected chi connectivity index (χ0v) is 20.4. The Morgan fingerprint density at radius 1 is 0.971 bits per heavy atom. The Morgan fingerprint density at radius 3 is 2.43 bits per heavy atom. The van der Waals surface area contributed by atoms with Crippen LogP contribution in [0.2, 0.25) is 0 Å². The predicted molar refractivity (Wildman–Crippen MR) is 135 cm³/mol. The zero-order chi connectivity index (χ0) is 24.5. The molecule has 0 N–H and O–H groups in total. The van der Waals surface area contributed by atoms with Gasteiger partial charge in [0, 0.05) is 5.56 Å².